The van der Waals surface area contributed by atoms with E-state index in [9.17, 15) is 4.79 Å². The van der Waals surface area contributed by atoms with Gasteiger partial charge in [-0.2, -0.15) is 0 Å². The van der Waals surface area contributed by atoms with E-state index in [-0.39, 0.29) is 11.4 Å². The van der Waals surface area contributed by atoms with Gasteiger partial charge in [-0.05, 0) is 35.1 Å². The van der Waals surface area contributed by atoms with E-state index in [0.29, 0.717) is 18.7 Å². The van der Waals surface area contributed by atoms with Crippen LogP contribution in [0.2, 0.25) is 0 Å². The highest BCUT2D eigenvalue weighted by molar-refractivity contribution is 5.69. The second-order valence-electron chi connectivity index (χ2n) is 6.46. The number of hydrogen-bond donors (Lipinski definition) is 0. The first-order chi connectivity index (χ1) is 10.9. The second kappa shape index (κ2) is 7.27. The van der Waals surface area contributed by atoms with Crippen LogP contribution in [-0.2, 0) is 21.4 Å². The molecule has 0 bridgehead atoms. The van der Waals surface area contributed by atoms with Gasteiger partial charge >= 0.3 is 5.97 Å². The molecule has 2 rings (SSSR count). The lowest BCUT2D eigenvalue weighted by atomic mass is 9.87. The Morgan fingerprint density at radius 3 is 2.30 bits per heavy atom. The van der Waals surface area contributed by atoms with Gasteiger partial charge in [0.25, 0.3) is 0 Å². The van der Waals surface area contributed by atoms with Crippen LogP contribution in [0.3, 0.4) is 0 Å². The molecule has 0 spiro atoms. The van der Waals surface area contributed by atoms with Gasteiger partial charge in [-0.1, -0.05) is 39.0 Å². The van der Waals surface area contributed by atoms with Crippen LogP contribution in [0.1, 0.15) is 38.3 Å². The van der Waals surface area contributed by atoms with Gasteiger partial charge < -0.3 is 9.47 Å². The van der Waals surface area contributed by atoms with Gasteiger partial charge in [-0.3, -0.25) is 4.79 Å². The average Bonchev–Trinajstić information content (AvgIpc) is 2.53. The highest BCUT2D eigenvalue weighted by Crippen LogP contribution is 2.26. The van der Waals surface area contributed by atoms with Crippen LogP contribution in [0, 0.1) is 0 Å². The van der Waals surface area contributed by atoms with Crippen LogP contribution in [-0.4, -0.2) is 18.1 Å². The fraction of sp³-hybridized carbons (Fsp3) is 0.368. The van der Waals surface area contributed by atoms with E-state index < -0.39 is 0 Å². The molecule has 4 heteroatoms. The van der Waals surface area contributed by atoms with Crippen molar-refractivity contribution < 1.29 is 14.3 Å². The van der Waals surface area contributed by atoms with Crippen molar-refractivity contribution >= 4 is 5.97 Å². The minimum absolute atomic E-state index is 0.123. The van der Waals surface area contributed by atoms with Crippen LogP contribution >= 0.6 is 0 Å². The first kappa shape index (κ1) is 17.0. The molecule has 0 saturated carbocycles. The number of carbonyl (C=O) groups excluding carboxylic acids is 1. The number of pyridine rings is 1. The van der Waals surface area contributed by atoms with E-state index in [1.807, 2.05) is 24.3 Å². The van der Waals surface area contributed by atoms with Gasteiger partial charge in [0.1, 0.15) is 5.75 Å². The third kappa shape index (κ3) is 5.09. The van der Waals surface area contributed by atoms with Gasteiger partial charge in [-0.15, -0.1) is 0 Å². The van der Waals surface area contributed by atoms with E-state index in [0.717, 1.165) is 11.3 Å². The maximum Gasteiger partial charge on any atom is 0.305 e. The normalized spacial score (nSPS) is 11.1. The summed E-state index contributed by atoms with van der Waals surface area (Å²) < 4.78 is 10.4. The van der Waals surface area contributed by atoms with Crippen molar-refractivity contribution in [3.63, 3.8) is 0 Å². The lowest BCUT2D eigenvalue weighted by Crippen LogP contribution is -2.10. The number of nitrogens with zero attached hydrogens (tertiary/aromatic N) is 1. The molecule has 0 saturated heterocycles. The number of methoxy groups -OCH3 is 1. The third-order valence-electron chi connectivity index (χ3n) is 3.59. The zero-order valence-corrected chi connectivity index (χ0v) is 14.1. The Bertz CT molecular complexity index is 640. The molecule has 0 amide bonds. The van der Waals surface area contributed by atoms with E-state index in [1.54, 1.807) is 6.20 Å². The molecule has 1 aromatic carbocycles. The van der Waals surface area contributed by atoms with Crippen LogP contribution in [0.5, 0.6) is 11.6 Å². The number of benzene rings is 1. The van der Waals surface area contributed by atoms with Crippen molar-refractivity contribution in [2.75, 3.05) is 7.11 Å². The first-order valence-electron chi connectivity index (χ1n) is 7.68. The largest absolute Gasteiger partial charge is 0.469 e. The van der Waals surface area contributed by atoms with Crippen LogP contribution < -0.4 is 4.74 Å². The summed E-state index contributed by atoms with van der Waals surface area (Å²) >= 11 is 0. The summed E-state index contributed by atoms with van der Waals surface area (Å²) in [6, 6.07) is 11.8. The highest BCUT2D eigenvalue weighted by Gasteiger charge is 2.13. The maximum atomic E-state index is 11.1. The summed E-state index contributed by atoms with van der Waals surface area (Å²) in [4.78, 5) is 15.4. The van der Waals surface area contributed by atoms with Gasteiger partial charge in [0, 0.05) is 18.7 Å². The molecule has 23 heavy (non-hydrogen) atoms. The molecule has 122 valence electrons. The Balaban J connectivity index is 1.96. The summed E-state index contributed by atoms with van der Waals surface area (Å²) in [5, 5.41) is 0. The van der Waals surface area contributed by atoms with Gasteiger partial charge in [0.05, 0.1) is 7.11 Å². The SMILES string of the molecule is COC(=O)CCc1ccc(Oc2ccc(C(C)(C)C)cc2)nc1. The quantitative estimate of drug-likeness (QED) is 0.773. The number of rotatable bonds is 5. The smallest absolute Gasteiger partial charge is 0.305 e. The highest BCUT2D eigenvalue weighted by atomic mass is 16.5. The molecule has 0 aliphatic carbocycles. The summed E-state index contributed by atoms with van der Waals surface area (Å²) in [6.07, 6.45) is 2.69. The van der Waals surface area contributed by atoms with Crippen molar-refractivity contribution in [2.45, 2.75) is 39.0 Å². The lowest BCUT2D eigenvalue weighted by Gasteiger charge is -2.19. The zero-order valence-electron chi connectivity index (χ0n) is 14.1. The van der Waals surface area contributed by atoms with Crippen molar-refractivity contribution in [1.82, 2.24) is 4.98 Å². The number of carbonyl (C=O) groups is 1. The number of aromatic nitrogens is 1. The van der Waals surface area contributed by atoms with Crippen LogP contribution in [0.25, 0.3) is 0 Å². The fourth-order valence-corrected chi connectivity index (χ4v) is 2.11. The van der Waals surface area contributed by atoms with Crippen LogP contribution in [0.15, 0.2) is 42.6 Å². The van der Waals surface area contributed by atoms with Crippen molar-refractivity contribution in [3.05, 3.63) is 53.7 Å². The topological polar surface area (TPSA) is 48.4 Å². The number of hydrogen-bond acceptors (Lipinski definition) is 4. The standard InChI is InChI=1S/C19H23NO3/c1-19(2,3)15-7-9-16(10-8-15)23-17-11-5-14(13-20-17)6-12-18(21)22-4/h5,7-11,13H,6,12H2,1-4H3. The summed E-state index contributed by atoms with van der Waals surface area (Å²) in [5.41, 5.74) is 2.36. The summed E-state index contributed by atoms with van der Waals surface area (Å²) in [5.74, 6) is 1.08. The number of aryl methyl sites for hydroxylation is 1. The fourth-order valence-electron chi connectivity index (χ4n) is 2.11. The van der Waals surface area contributed by atoms with Crippen molar-refractivity contribution in [2.24, 2.45) is 0 Å². The minimum Gasteiger partial charge on any atom is -0.469 e. The predicted molar refractivity (Wildman–Crippen MR) is 89.8 cm³/mol. The Morgan fingerprint density at radius 1 is 1.09 bits per heavy atom. The summed E-state index contributed by atoms with van der Waals surface area (Å²) in [6.45, 7) is 6.53. The van der Waals surface area contributed by atoms with Crippen molar-refractivity contribution in [1.29, 1.82) is 0 Å². The Labute approximate surface area is 137 Å². The minimum atomic E-state index is -0.218. The van der Waals surface area contributed by atoms with Gasteiger partial charge in [-0.25, -0.2) is 4.98 Å². The molecule has 0 N–H and O–H groups in total. The molecule has 4 nitrogen and oxygen atoms in total. The van der Waals surface area contributed by atoms with E-state index in [2.05, 4.69) is 42.6 Å². The molecule has 0 aliphatic rings. The Morgan fingerprint density at radius 2 is 1.78 bits per heavy atom. The predicted octanol–water partition coefficient (Wildman–Crippen LogP) is 4.28. The molecular weight excluding hydrogens is 290 g/mol. The molecule has 0 fully saturated rings. The molecule has 1 aromatic heterocycles. The molecule has 1 heterocycles. The molecule has 0 radical (unpaired) electrons. The van der Waals surface area contributed by atoms with Gasteiger partial charge in [0.2, 0.25) is 5.88 Å². The van der Waals surface area contributed by atoms with E-state index in [4.69, 9.17) is 4.74 Å². The maximum absolute atomic E-state index is 11.1. The molecule has 0 unspecified atom stereocenters. The van der Waals surface area contributed by atoms with Crippen molar-refractivity contribution in [3.8, 4) is 11.6 Å². The lowest BCUT2D eigenvalue weighted by molar-refractivity contribution is -0.140. The zero-order chi connectivity index (χ0) is 16.9. The van der Waals surface area contributed by atoms with E-state index >= 15 is 0 Å². The Kier molecular flexibility index (Phi) is 5.37. The monoisotopic (exact) mass is 313 g/mol. The number of ether oxygens (including phenoxy) is 2. The number of esters is 1. The molecule has 0 atom stereocenters. The molecule has 2 aromatic rings. The van der Waals surface area contributed by atoms with E-state index in [1.165, 1.54) is 12.7 Å². The summed E-state index contributed by atoms with van der Waals surface area (Å²) in [7, 11) is 1.39. The second-order valence-corrected chi connectivity index (χ2v) is 6.46. The van der Waals surface area contributed by atoms with Crippen LogP contribution in [0.4, 0.5) is 0 Å². The molecule has 0 aliphatic heterocycles. The first-order valence-corrected chi connectivity index (χ1v) is 7.68. The third-order valence-corrected chi connectivity index (χ3v) is 3.59. The average molecular weight is 313 g/mol. The van der Waals surface area contributed by atoms with Gasteiger partial charge in [0.15, 0.2) is 0 Å². The Hall–Kier alpha value is -2.36. The molecular formula is C19H23NO3.